The fourth-order valence-electron chi connectivity index (χ4n) is 8.01. The number of aryl methyl sites for hydroxylation is 1. The molecule has 0 bridgehead atoms. The summed E-state index contributed by atoms with van der Waals surface area (Å²) >= 11 is 6.93. The number of hydrogen-bond donors (Lipinski definition) is 2. The number of aromatic nitrogens is 1. The molecule has 1 unspecified atom stereocenters. The molecule has 3 aliphatic heterocycles. The number of hydrogen-bond acceptors (Lipinski definition) is 7. The number of nitrogens with one attached hydrogen (secondary N) is 2. The van der Waals surface area contributed by atoms with Crippen molar-refractivity contribution in [1.82, 2.24) is 14.8 Å². The van der Waals surface area contributed by atoms with Crippen LogP contribution in [0.3, 0.4) is 0 Å². The predicted octanol–water partition coefficient (Wildman–Crippen LogP) is 6.35. The number of carbonyl (C=O) groups excluding carboxylic acids is 2. The van der Waals surface area contributed by atoms with Crippen molar-refractivity contribution in [3.63, 3.8) is 0 Å². The molecule has 7 rings (SSSR count). The highest BCUT2D eigenvalue weighted by Gasteiger charge is 2.31. The molecule has 3 aliphatic rings. The molecule has 2 amide bonds. The van der Waals surface area contributed by atoms with Crippen LogP contribution in [0.1, 0.15) is 44.1 Å². The Labute approximate surface area is 296 Å². The number of methoxy groups -OCH3 is 1. The van der Waals surface area contributed by atoms with Gasteiger partial charge >= 0.3 is 0 Å². The van der Waals surface area contributed by atoms with E-state index in [1.165, 1.54) is 41.3 Å². The van der Waals surface area contributed by atoms with Gasteiger partial charge in [0.15, 0.2) is 0 Å². The Bertz CT molecular complexity index is 1970. The lowest BCUT2D eigenvalue weighted by molar-refractivity contribution is -0.133. The fourth-order valence-corrected chi connectivity index (χ4v) is 8.28. The lowest BCUT2D eigenvalue weighted by Crippen LogP contribution is -2.47. The summed E-state index contributed by atoms with van der Waals surface area (Å²) < 4.78 is 21.6. The van der Waals surface area contributed by atoms with Gasteiger partial charge in [0.05, 0.1) is 7.11 Å². The topological polar surface area (TPSA) is 95.9 Å². The summed E-state index contributed by atoms with van der Waals surface area (Å²) in [6, 6.07) is 16.0. The van der Waals surface area contributed by atoms with E-state index in [1.54, 1.807) is 20.4 Å². The molecule has 262 valence electrons. The van der Waals surface area contributed by atoms with Crippen LogP contribution in [0.4, 0.5) is 15.8 Å². The van der Waals surface area contributed by atoms with Crippen molar-refractivity contribution in [2.24, 2.45) is 18.9 Å². The quantitative estimate of drug-likeness (QED) is 0.207. The van der Waals surface area contributed by atoms with E-state index in [1.807, 2.05) is 24.3 Å². The Morgan fingerprint density at radius 3 is 2.28 bits per heavy atom. The van der Waals surface area contributed by atoms with Gasteiger partial charge in [-0.25, -0.2) is 4.39 Å². The smallest absolute Gasteiger partial charge is 0.258 e. The van der Waals surface area contributed by atoms with Crippen LogP contribution in [0.5, 0.6) is 5.75 Å². The number of benzene rings is 3. The Kier molecular flexibility index (Phi) is 9.84. The van der Waals surface area contributed by atoms with Crippen LogP contribution in [-0.4, -0.2) is 60.6 Å². The number of likely N-dealkylation sites (tertiary alicyclic amines) is 1. The molecule has 3 fully saturated rings. The Hall–Kier alpha value is -4.41. The van der Waals surface area contributed by atoms with Crippen LogP contribution in [0, 0.1) is 17.7 Å². The van der Waals surface area contributed by atoms with Gasteiger partial charge in [-0.05, 0) is 123 Å². The predicted molar refractivity (Wildman–Crippen MR) is 195 cm³/mol. The molecular formula is C39H43ClFN5O4. The number of rotatable bonds is 8. The highest BCUT2D eigenvalue weighted by molar-refractivity contribution is 6.32. The molecule has 0 spiro atoms. The first-order valence-electron chi connectivity index (χ1n) is 17.5. The van der Waals surface area contributed by atoms with Gasteiger partial charge < -0.3 is 19.5 Å². The summed E-state index contributed by atoms with van der Waals surface area (Å²) in [5.41, 5.74) is 4.32. The standard InChI is InChI=1S/C39H43ClFN5O4/c1-44-22-32(31-21-27(41)3-8-30(31)39(44)49)26-19-34(40)33(36(20-26)50-2)23-45-15-11-24(12-16-45)25-13-17-46(18-14-25)29-6-4-28(5-7-29)42-35-9-10-37(47)43-38(35)48/h3-8,19-22,24-25,35,42H,9-18,23H2,1-2H3,(H,43,47,48). The first-order valence-corrected chi connectivity index (χ1v) is 17.9. The largest absolute Gasteiger partial charge is 0.496 e. The summed E-state index contributed by atoms with van der Waals surface area (Å²) in [7, 11) is 3.34. The van der Waals surface area contributed by atoms with Crippen molar-refractivity contribution in [2.45, 2.75) is 51.1 Å². The minimum absolute atomic E-state index is 0.180. The number of amides is 2. The van der Waals surface area contributed by atoms with Gasteiger partial charge in [0.25, 0.3) is 5.56 Å². The molecular weight excluding hydrogens is 657 g/mol. The molecule has 4 aromatic rings. The van der Waals surface area contributed by atoms with Gasteiger partial charge in [-0.3, -0.25) is 24.6 Å². The fraction of sp³-hybridized carbons (Fsp3) is 0.410. The highest BCUT2D eigenvalue weighted by Crippen LogP contribution is 2.39. The van der Waals surface area contributed by atoms with E-state index in [0.717, 1.165) is 61.4 Å². The normalized spacial score (nSPS) is 19.5. The third-order valence-electron chi connectivity index (χ3n) is 10.9. The molecule has 50 heavy (non-hydrogen) atoms. The Balaban J connectivity index is 0.938. The molecule has 11 heteroatoms. The van der Waals surface area contributed by atoms with Crippen molar-refractivity contribution in [3.8, 4) is 16.9 Å². The zero-order valence-corrected chi connectivity index (χ0v) is 29.3. The second kappa shape index (κ2) is 14.4. The minimum atomic E-state index is -0.400. The zero-order chi connectivity index (χ0) is 34.9. The van der Waals surface area contributed by atoms with Crippen molar-refractivity contribution in [3.05, 3.63) is 87.6 Å². The molecule has 1 atom stereocenters. The van der Waals surface area contributed by atoms with E-state index in [9.17, 15) is 18.8 Å². The van der Waals surface area contributed by atoms with Gasteiger partial charge in [0.2, 0.25) is 11.8 Å². The Morgan fingerprint density at radius 1 is 0.900 bits per heavy atom. The molecule has 4 heterocycles. The molecule has 9 nitrogen and oxygen atoms in total. The van der Waals surface area contributed by atoms with E-state index in [-0.39, 0.29) is 23.4 Å². The average Bonchev–Trinajstić information content (AvgIpc) is 3.12. The van der Waals surface area contributed by atoms with Gasteiger partial charge in [0.1, 0.15) is 17.6 Å². The van der Waals surface area contributed by atoms with E-state index in [4.69, 9.17) is 16.3 Å². The maximum Gasteiger partial charge on any atom is 0.258 e. The number of carbonyl (C=O) groups is 2. The first-order chi connectivity index (χ1) is 24.2. The number of imide groups is 1. The summed E-state index contributed by atoms with van der Waals surface area (Å²) in [6.07, 6.45) is 7.24. The van der Waals surface area contributed by atoms with Crippen molar-refractivity contribution >= 4 is 45.6 Å². The first kappa shape index (κ1) is 34.1. The third kappa shape index (κ3) is 7.09. The summed E-state index contributed by atoms with van der Waals surface area (Å²) in [6.45, 7) is 4.74. The number of nitrogens with zero attached hydrogens (tertiary/aromatic N) is 3. The summed E-state index contributed by atoms with van der Waals surface area (Å²) in [5, 5.41) is 7.25. The molecule has 0 saturated carbocycles. The third-order valence-corrected chi connectivity index (χ3v) is 11.2. The van der Waals surface area contributed by atoms with Crippen molar-refractivity contribution < 1.29 is 18.7 Å². The van der Waals surface area contributed by atoms with Gasteiger partial charge in [-0.2, -0.15) is 0 Å². The molecule has 2 N–H and O–H groups in total. The number of fused-ring (bicyclic) bond motifs is 1. The lowest BCUT2D eigenvalue weighted by Gasteiger charge is -2.41. The van der Waals surface area contributed by atoms with Crippen molar-refractivity contribution in [1.29, 1.82) is 0 Å². The number of pyridine rings is 1. The zero-order valence-electron chi connectivity index (χ0n) is 28.5. The van der Waals surface area contributed by atoms with Gasteiger partial charge in [0, 0.05) is 72.2 Å². The van der Waals surface area contributed by atoms with Crippen LogP contribution in [0.25, 0.3) is 21.9 Å². The van der Waals surface area contributed by atoms with Crippen LogP contribution in [0.2, 0.25) is 5.02 Å². The molecule has 0 radical (unpaired) electrons. The van der Waals surface area contributed by atoms with Crippen LogP contribution < -0.4 is 25.8 Å². The number of anilines is 2. The monoisotopic (exact) mass is 699 g/mol. The van der Waals surface area contributed by atoms with Crippen LogP contribution in [0.15, 0.2) is 65.6 Å². The number of piperidine rings is 3. The summed E-state index contributed by atoms with van der Waals surface area (Å²) in [4.78, 5) is 41.2. The van der Waals surface area contributed by atoms with E-state index >= 15 is 0 Å². The lowest BCUT2D eigenvalue weighted by atomic mass is 9.78. The number of ether oxygens (including phenoxy) is 1. The molecule has 3 aromatic carbocycles. The molecule has 3 saturated heterocycles. The maximum absolute atomic E-state index is 14.3. The van der Waals surface area contributed by atoms with E-state index < -0.39 is 5.82 Å². The van der Waals surface area contributed by atoms with Crippen molar-refractivity contribution in [2.75, 3.05) is 43.5 Å². The SMILES string of the molecule is COc1cc(-c2cn(C)c(=O)c3ccc(F)cc23)cc(Cl)c1CN1CCC(C2CCN(c3ccc(NC4CCC(=O)NC4=O)cc3)CC2)CC1. The average molecular weight is 700 g/mol. The van der Waals surface area contributed by atoms with Gasteiger partial charge in [-0.15, -0.1) is 0 Å². The second-order valence-corrected chi connectivity index (χ2v) is 14.3. The molecule has 0 aliphatic carbocycles. The minimum Gasteiger partial charge on any atom is -0.496 e. The maximum atomic E-state index is 14.3. The summed E-state index contributed by atoms with van der Waals surface area (Å²) in [5.74, 6) is 1.22. The van der Waals surface area contributed by atoms with Gasteiger partial charge in [-0.1, -0.05) is 11.6 Å². The van der Waals surface area contributed by atoms with E-state index in [2.05, 4.69) is 32.6 Å². The number of halogens is 2. The Morgan fingerprint density at radius 2 is 1.60 bits per heavy atom. The second-order valence-electron chi connectivity index (χ2n) is 13.9. The van der Waals surface area contributed by atoms with Crippen LogP contribution >= 0.6 is 11.6 Å². The highest BCUT2D eigenvalue weighted by atomic mass is 35.5. The molecule has 1 aromatic heterocycles. The van der Waals surface area contributed by atoms with E-state index in [0.29, 0.717) is 52.8 Å². The van der Waals surface area contributed by atoms with Crippen LogP contribution in [-0.2, 0) is 23.2 Å².